The number of hydrogen-bond donors (Lipinski definition) is 2. The maximum absolute atomic E-state index is 12.7. The molecule has 2 N–H and O–H groups in total. The van der Waals surface area contributed by atoms with Gasteiger partial charge in [-0.3, -0.25) is 5.10 Å². The number of nitrogens with zero attached hydrogens (tertiary/aromatic N) is 3. The Balaban J connectivity index is 1.73. The Morgan fingerprint density at radius 3 is 2.31 bits per heavy atom. The summed E-state index contributed by atoms with van der Waals surface area (Å²) in [7, 11) is -0.532. The lowest BCUT2D eigenvalue weighted by molar-refractivity contribution is 0.521. The van der Waals surface area contributed by atoms with E-state index >= 15 is 0 Å². The van der Waals surface area contributed by atoms with Crippen LogP contribution >= 0.6 is 0 Å². The third-order valence-electron chi connectivity index (χ3n) is 5.34. The van der Waals surface area contributed by atoms with Gasteiger partial charge in [0.15, 0.2) is 5.82 Å². The summed E-state index contributed by atoms with van der Waals surface area (Å²) in [4.78, 5) is 8.29. The molecule has 7 nitrogen and oxygen atoms in total. The minimum atomic E-state index is -3.57. The van der Waals surface area contributed by atoms with E-state index in [-0.39, 0.29) is 4.90 Å². The topological polar surface area (TPSA) is 94.7 Å². The fourth-order valence-electron chi connectivity index (χ4n) is 3.69. The van der Waals surface area contributed by atoms with Crippen LogP contribution in [-0.4, -0.2) is 47.0 Å². The molecule has 8 heteroatoms. The van der Waals surface area contributed by atoms with Crippen molar-refractivity contribution in [2.75, 3.05) is 14.1 Å². The van der Waals surface area contributed by atoms with E-state index in [9.17, 15) is 8.42 Å². The molecule has 0 radical (unpaired) electrons. The Morgan fingerprint density at radius 2 is 1.56 bits per heavy atom. The van der Waals surface area contributed by atoms with E-state index in [1.54, 1.807) is 18.2 Å². The molecule has 0 aliphatic heterocycles. The standard InChI is InChI=1S/C24H21N5O2S/c1-29(2)32(30,31)18-12-8-11-17(15-18)22-21(16-9-4-3-5-10-16)23(28-27-22)24-25-19-13-6-7-14-20(19)26-24/h3-15H,1-2H3,(H,25,26)(H,27,28). The molecular weight excluding hydrogens is 422 g/mol. The van der Waals surface area contributed by atoms with Gasteiger partial charge in [0.05, 0.1) is 15.9 Å². The number of imidazole rings is 1. The van der Waals surface area contributed by atoms with Crippen molar-refractivity contribution in [3.8, 4) is 33.9 Å². The van der Waals surface area contributed by atoms with Gasteiger partial charge in [0, 0.05) is 25.2 Å². The highest BCUT2D eigenvalue weighted by Gasteiger charge is 2.23. The SMILES string of the molecule is CN(C)S(=O)(=O)c1cccc(-c2n[nH]c(-c3nc4ccccc4[nH]3)c2-c2ccccc2)c1. The van der Waals surface area contributed by atoms with E-state index < -0.39 is 10.0 Å². The lowest BCUT2D eigenvalue weighted by Gasteiger charge is -2.12. The summed E-state index contributed by atoms with van der Waals surface area (Å²) in [5, 5.41) is 7.71. The number of sulfonamides is 1. The van der Waals surface area contributed by atoms with Gasteiger partial charge in [0.25, 0.3) is 0 Å². The highest BCUT2D eigenvalue weighted by atomic mass is 32.2. The Hall–Kier alpha value is -3.75. The van der Waals surface area contributed by atoms with Gasteiger partial charge in [0.1, 0.15) is 11.4 Å². The van der Waals surface area contributed by atoms with Crippen LogP contribution in [0.4, 0.5) is 0 Å². The summed E-state index contributed by atoms with van der Waals surface area (Å²) in [5.41, 5.74) is 5.68. The maximum Gasteiger partial charge on any atom is 0.242 e. The number of fused-ring (bicyclic) bond motifs is 1. The molecule has 2 aromatic heterocycles. The molecule has 0 bridgehead atoms. The van der Waals surface area contributed by atoms with Crippen molar-refractivity contribution >= 4 is 21.1 Å². The lowest BCUT2D eigenvalue weighted by Crippen LogP contribution is -2.22. The van der Waals surface area contributed by atoms with Crippen LogP contribution in [0, 0.1) is 0 Å². The van der Waals surface area contributed by atoms with Crippen molar-refractivity contribution in [2.45, 2.75) is 4.90 Å². The highest BCUT2D eigenvalue weighted by molar-refractivity contribution is 7.89. The summed E-state index contributed by atoms with van der Waals surface area (Å²) >= 11 is 0. The second-order valence-electron chi connectivity index (χ2n) is 7.61. The molecule has 0 amide bonds. The third kappa shape index (κ3) is 3.39. The zero-order valence-electron chi connectivity index (χ0n) is 17.6. The molecule has 0 fully saturated rings. The average molecular weight is 444 g/mol. The van der Waals surface area contributed by atoms with Crippen LogP contribution in [0.2, 0.25) is 0 Å². The molecule has 0 unspecified atom stereocenters. The van der Waals surface area contributed by atoms with Crippen LogP contribution in [-0.2, 0) is 10.0 Å². The molecule has 0 atom stereocenters. The summed E-state index contributed by atoms with van der Waals surface area (Å²) in [5.74, 6) is 0.667. The molecule has 0 aliphatic rings. The first kappa shape index (κ1) is 20.2. The number of benzene rings is 3. The van der Waals surface area contributed by atoms with Gasteiger partial charge in [-0.05, 0) is 29.8 Å². The fourth-order valence-corrected chi connectivity index (χ4v) is 4.64. The van der Waals surface area contributed by atoms with Gasteiger partial charge >= 0.3 is 0 Å². The number of rotatable bonds is 5. The molecule has 32 heavy (non-hydrogen) atoms. The van der Waals surface area contributed by atoms with Crippen molar-refractivity contribution in [1.82, 2.24) is 24.5 Å². The van der Waals surface area contributed by atoms with Crippen LogP contribution in [0.15, 0.2) is 83.8 Å². The molecule has 160 valence electrons. The smallest absolute Gasteiger partial charge is 0.242 e. The zero-order chi connectivity index (χ0) is 22.3. The third-order valence-corrected chi connectivity index (χ3v) is 7.15. The number of aromatic nitrogens is 4. The number of para-hydroxylation sites is 2. The van der Waals surface area contributed by atoms with E-state index in [0.29, 0.717) is 17.1 Å². The molecule has 2 heterocycles. The normalized spacial score (nSPS) is 12.0. The molecule has 0 aliphatic carbocycles. The van der Waals surface area contributed by atoms with E-state index in [1.807, 2.05) is 60.7 Å². The number of aromatic amines is 2. The second kappa shape index (κ2) is 7.74. The van der Waals surface area contributed by atoms with Crippen molar-refractivity contribution in [1.29, 1.82) is 0 Å². The van der Waals surface area contributed by atoms with Crippen LogP contribution in [0.3, 0.4) is 0 Å². The molecular formula is C24H21N5O2S. The first-order valence-corrected chi connectivity index (χ1v) is 11.5. The minimum Gasteiger partial charge on any atom is -0.337 e. The Bertz CT molecular complexity index is 1490. The molecule has 5 rings (SSSR count). The van der Waals surface area contributed by atoms with Crippen LogP contribution < -0.4 is 0 Å². The Labute approximate surface area is 185 Å². The Kier molecular flexibility index (Phi) is 4.88. The largest absolute Gasteiger partial charge is 0.337 e. The average Bonchev–Trinajstić information content (AvgIpc) is 3.44. The molecule has 0 saturated heterocycles. The number of nitrogens with one attached hydrogen (secondary N) is 2. The summed E-state index contributed by atoms with van der Waals surface area (Å²) in [6.45, 7) is 0. The first-order valence-electron chi connectivity index (χ1n) is 10.1. The van der Waals surface area contributed by atoms with Crippen molar-refractivity contribution in [3.05, 3.63) is 78.9 Å². The van der Waals surface area contributed by atoms with Crippen molar-refractivity contribution in [3.63, 3.8) is 0 Å². The van der Waals surface area contributed by atoms with E-state index in [1.165, 1.54) is 18.4 Å². The molecule has 5 aromatic rings. The van der Waals surface area contributed by atoms with Crippen molar-refractivity contribution < 1.29 is 8.42 Å². The highest BCUT2D eigenvalue weighted by Crippen LogP contribution is 2.38. The number of H-pyrrole nitrogens is 2. The summed E-state index contributed by atoms with van der Waals surface area (Å²) < 4.78 is 26.6. The summed E-state index contributed by atoms with van der Waals surface area (Å²) in [6, 6.07) is 24.5. The van der Waals surface area contributed by atoms with Crippen LogP contribution in [0.25, 0.3) is 44.9 Å². The van der Waals surface area contributed by atoms with Crippen molar-refractivity contribution in [2.24, 2.45) is 0 Å². The van der Waals surface area contributed by atoms with Crippen LogP contribution in [0.5, 0.6) is 0 Å². The van der Waals surface area contributed by atoms with E-state index in [2.05, 4.69) is 15.2 Å². The van der Waals surface area contributed by atoms with E-state index in [0.717, 1.165) is 27.9 Å². The predicted molar refractivity (Wildman–Crippen MR) is 125 cm³/mol. The lowest BCUT2D eigenvalue weighted by atomic mass is 9.98. The van der Waals surface area contributed by atoms with Gasteiger partial charge < -0.3 is 4.98 Å². The monoisotopic (exact) mass is 443 g/mol. The van der Waals surface area contributed by atoms with Gasteiger partial charge in [-0.15, -0.1) is 0 Å². The molecule has 0 saturated carbocycles. The maximum atomic E-state index is 12.7. The van der Waals surface area contributed by atoms with Gasteiger partial charge in [-0.25, -0.2) is 17.7 Å². The van der Waals surface area contributed by atoms with Gasteiger partial charge in [-0.2, -0.15) is 5.10 Å². The second-order valence-corrected chi connectivity index (χ2v) is 9.76. The van der Waals surface area contributed by atoms with Crippen LogP contribution in [0.1, 0.15) is 0 Å². The minimum absolute atomic E-state index is 0.215. The van der Waals surface area contributed by atoms with E-state index in [4.69, 9.17) is 4.98 Å². The number of hydrogen-bond acceptors (Lipinski definition) is 4. The first-order chi connectivity index (χ1) is 15.4. The zero-order valence-corrected chi connectivity index (χ0v) is 18.4. The van der Waals surface area contributed by atoms with Gasteiger partial charge in [0.2, 0.25) is 10.0 Å². The summed E-state index contributed by atoms with van der Waals surface area (Å²) in [6.07, 6.45) is 0. The fraction of sp³-hybridized carbons (Fsp3) is 0.0833. The molecule has 3 aromatic carbocycles. The predicted octanol–water partition coefficient (Wildman–Crippen LogP) is 4.54. The quantitative estimate of drug-likeness (QED) is 0.417. The van der Waals surface area contributed by atoms with Gasteiger partial charge in [-0.1, -0.05) is 54.6 Å². The molecule has 0 spiro atoms. The Morgan fingerprint density at radius 1 is 0.844 bits per heavy atom.